The molecule has 0 aliphatic carbocycles. The number of hydrogen-bond donors (Lipinski definition) is 1. The van der Waals surface area contributed by atoms with Crippen molar-refractivity contribution in [3.05, 3.63) is 65.7 Å². The van der Waals surface area contributed by atoms with Crippen molar-refractivity contribution in [1.29, 1.82) is 0 Å². The van der Waals surface area contributed by atoms with E-state index in [1.165, 1.54) is 17.7 Å². The number of quaternary nitrogens is 1. The van der Waals surface area contributed by atoms with Crippen LogP contribution in [0, 0.1) is 5.82 Å². The molecule has 0 fully saturated rings. The van der Waals surface area contributed by atoms with Crippen molar-refractivity contribution in [3.63, 3.8) is 0 Å². The molecule has 82 valence electrons. The average molecular weight is 217 g/mol. The van der Waals surface area contributed by atoms with E-state index in [4.69, 9.17) is 0 Å². The van der Waals surface area contributed by atoms with Crippen LogP contribution >= 0.6 is 0 Å². The quantitative estimate of drug-likeness (QED) is 0.826. The molecule has 0 saturated heterocycles. The van der Waals surface area contributed by atoms with Crippen LogP contribution in [0.1, 0.15) is 11.1 Å². The van der Waals surface area contributed by atoms with Crippen LogP contribution in [0.2, 0.25) is 0 Å². The highest BCUT2D eigenvalue weighted by atomic mass is 19.1. The Kier molecular flexibility index (Phi) is 3.62. The number of rotatable bonds is 4. The second-order valence-corrected chi connectivity index (χ2v) is 3.68. The second-order valence-electron chi connectivity index (χ2n) is 3.68. The molecule has 16 heavy (non-hydrogen) atoms. The van der Waals surface area contributed by atoms with Gasteiger partial charge in [0.1, 0.15) is 18.9 Å². The van der Waals surface area contributed by atoms with Crippen molar-refractivity contribution < 1.29 is 9.71 Å². The van der Waals surface area contributed by atoms with E-state index in [0.717, 1.165) is 18.7 Å². The lowest BCUT2D eigenvalue weighted by Crippen LogP contribution is -2.80. The zero-order valence-electron chi connectivity index (χ0n) is 8.94. The van der Waals surface area contributed by atoms with Crippen LogP contribution < -0.4 is 5.32 Å². The topological polar surface area (TPSA) is 29.5 Å². The maximum atomic E-state index is 12.7. The number of hydrogen-bond acceptors (Lipinski definition) is 1. The Hall–Kier alpha value is -1.74. The second kappa shape index (κ2) is 5.37. The number of nitrogens with two attached hydrogens (primary N) is 1. The number of halogens is 1. The van der Waals surface area contributed by atoms with E-state index in [9.17, 15) is 4.39 Å². The Balaban J connectivity index is 1.82. The summed E-state index contributed by atoms with van der Waals surface area (Å²) >= 11 is 0. The molecule has 2 rings (SSSR count). The summed E-state index contributed by atoms with van der Waals surface area (Å²) in [6.45, 7) is 1.78. The average Bonchev–Trinajstić information content (AvgIpc) is 2.33. The smallest absolute Gasteiger partial charge is 0.123 e. The van der Waals surface area contributed by atoms with Crippen molar-refractivity contribution in [2.45, 2.75) is 13.1 Å². The summed E-state index contributed by atoms with van der Waals surface area (Å²) in [6, 6.07) is 10.6. The van der Waals surface area contributed by atoms with Crippen molar-refractivity contribution in [3.8, 4) is 0 Å². The molecular formula is C13H14FN2+. The molecule has 2 nitrogen and oxygen atoms in total. The summed E-state index contributed by atoms with van der Waals surface area (Å²) in [5.41, 5.74) is 2.38. The van der Waals surface area contributed by atoms with Crippen LogP contribution in [0.15, 0.2) is 48.8 Å². The van der Waals surface area contributed by atoms with E-state index in [0.29, 0.717) is 0 Å². The maximum Gasteiger partial charge on any atom is 0.123 e. The van der Waals surface area contributed by atoms with E-state index in [1.54, 1.807) is 12.4 Å². The lowest BCUT2D eigenvalue weighted by Gasteiger charge is -2.01. The van der Waals surface area contributed by atoms with Gasteiger partial charge in [0.2, 0.25) is 0 Å². The van der Waals surface area contributed by atoms with Crippen molar-refractivity contribution >= 4 is 0 Å². The SMILES string of the molecule is Fc1ccc(C[NH2+]Cc2ccncc2)cc1. The van der Waals surface area contributed by atoms with Gasteiger partial charge in [-0.2, -0.15) is 0 Å². The monoisotopic (exact) mass is 217 g/mol. The Labute approximate surface area is 94.2 Å². The van der Waals surface area contributed by atoms with Crippen molar-refractivity contribution in [2.24, 2.45) is 0 Å². The molecule has 0 atom stereocenters. The molecule has 1 heterocycles. The molecule has 0 amide bonds. The number of aromatic nitrogens is 1. The van der Waals surface area contributed by atoms with Gasteiger partial charge < -0.3 is 5.32 Å². The largest absolute Gasteiger partial charge is 0.339 e. The van der Waals surface area contributed by atoms with Gasteiger partial charge in [0.15, 0.2) is 0 Å². The third-order valence-corrected chi connectivity index (χ3v) is 2.42. The third kappa shape index (κ3) is 3.14. The van der Waals surface area contributed by atoms with E-state index in [2.05, 4.69) is 10.3 Å². The Bertz CT molecular complexity index is 425. The fourth-order valence-corrected chi connectivity index (χ4v) is 1.54. The normalized spacial score (nSPS) is 10.3. The molecule has 3 heteroatoms. The molecule has 1 aromatic heterocycles. The van der Waals surface area contributed by atoms with Gasteiger partial charge in [-0.3, -0.25) is 4.98 Å². The predicted molar refractivity (Wildman–Crippen MR) is 60.0 cm³/mol. The van der Waals surface area contributed by atoms with E-state index in [-0.39, 0.29) is 5.82 Å². The lowest BCUT2D eigenvalue weighted by atomic mass is 10.2. The number of nitrogens with zero attached hydrogens (tertiary/aromatic N) is 1. The van der Waals surface area contributed by atoms with Crippen molar-refractivity contribution in [2.75, 3.05) is 0 Å². The van der Waals surface area contributed by atoms with E-state index >= 15 is 0 Å². The van der Waals surface area contributed by atoms with Crippen molar-refractivity contribution in [1.82, 2.24) is 4.98 Å². The lowest BCUT2D eigenvalue weighted by molar-refractivity contribution is -0.686. The predicted octanol–water partition coefficient (Wildman–Crippen LogP) is 1.48. The minimum atomic E-state index is -0.183. The first-order chi connectivity index (χ1) is 7.84. The molecule has 0 spiro atoms. The summed E-state index contributed by atoms with van der Waals surface area (Å²) in [7, 11) is 0. The Morgan fingerprint density at radius 1 is 0.875 bits per heavy atom. The zero-order valence-corrected chi connectivity index (χ0v) is 8.94. The molecule has 0 unspecified atom stereocenters. The van der Waals surface area contributed by atoms with Crippen LogP contribution in [0.4, 0.5) is 4.39 Å². The van der Waals surface area contributed by atoms with Gasteiger partial charge in [0.25, 0.3) is 0 Å². The van der Waals surface area contributed by atoms with E-state index in [1.807, 2.05) is 24.3 Å². The first-order valence-electron chi connectivity index (χ1n) is 5.29. The summed E-state index contributed by atoms with van der Waals surface area (Å²) in [6.07, 6.45) is 3.59. The third-order valence-electron chi connectivity index (χ3n) is 2.42. The molecule has 0 saturated carbocycles. The summed E-state index contributed by atoms with van der Waals surface area (Å²) in [5, 5.41) is 2.18. The molecule has 0 radical (unpaired) electrons. The molecule has 2 N–H and O–H groups in total. The van der Waals surface area contributed by atoms with Crippen LogP contribution in [0.3, 0.4) is 0 Å². The van der Waals surface area contributed by atoms with Gasteiger partial charge in [0.05, 0.1) is 0 Å². The van der Waals surface area contributed by atoms with Crippen LogP contribution in [0.25, 0.3) is 0 Å². The van der Waals surface area contributed by atoms with Crippen LogP contribution in [-0.4, -0.2) is 4.98 Å². The summed E-state index contributed by atoms with van der Waals surface area (Å²) in [5.74, 6) is -0.183. The molecule has 2 aromatic rings. The van der Waals surface area contributed by atoms with Crippen LogP contribution in [-0.2, 0) is 13.1 Å². The minimum Gasteiger partial charge on any atom is -0.339 e. The standard InChI is InChI=1S/C13H13FN2/c14-13-3-1-11(2-4-13)9-16-10-12-5-7-15-8-6-12/h1-8,16H,9-10H2/p+1. The van der Waals surface area contributed by atoms with Gasteiger partial charge in [0, 0.05) is 23.5 Å². The van der Waals surface area contributed by atoms with E-state index < -0.39 is 0 Å². The summed E-state index contributed by atoms with van der Waals surface area (Å²) in [4.78, 5) is 3.97. The molecule has 1 aromatic carbocycles. The van der Waals surface area contributed by atoms with Gasteiger partial charge in [-0.15, -0.1) is 0 Å². The van der Waals surface area contributed by atoms with Crippen LogP contribution in [0.5, 0.6) is 0 Å². The first-order valence-corrected chi connectivity index (χ1v) is 5.29. The van der Waals surface area contributed by atoms with Gasteiger partial charge >= 0.3 is 0 Å². The number of pyridine rings is 1. The number of benzene rings is 1. The summed E-state index contributed by atoms with van der Waals surface area (Å²) < 4.78 is 12.7. The van der Waals surface area contributed by atoms with Gasteiger partial charge in [-0.1, -0.05) is 12.1 Å². The zero-order chi connectivity index (χ0) is 11.2. The fourth-order valence-electron chi connectivity index (χ4n) is 1.54. The van der Waals surface area contributed by atoms with Gasteiger partial charge in [-0.25, -0.2) is 4.39 Å². The molecule has 0 aliphatic heterocycles. The highest BCUT2D eigenvalue weighted by Crippen LogP contribution is 2.00. The first kappa shape index (κ1) is 10.8. The Morgan fingerprint density at radius 3 is 2.06 bits per heavy atom. The molecule has 0 aliphatic rings. The highest BCUT2D eigenvalue weighted by molar-refractivity contribution is 5.14. The molecule has 0 bridgehead atoms. The van der Waals surface area contributed by atoms with Gasteiger partial charge in [-0.05, 0) is 24.3 Å². The molecular weight excluding hydrogens is 203 g/mol. The fraction of sp³-hybridized carbons (Fsp3) is 0.154. The highest BCUT2D eigenvalue weighted by Gasteiger charge is 1.97. The maximum absolute atomic E-state index is 12.7. The Morgan fingerprint density at radius 2 is 1.44 bits per heavy atom. The minimum absolute atomic E-state index is 0.183.